The van der Waals surface area contributed by atoms with Gasteiger partial charge in [0, 0.05) is 10.7 Å². The van der Waals surface area contributed by atoms with Gasteiger partial charge < -0.3 is 0 Å². The van der Waals surface area contributed by atoms with Crippen LogP contribution in [0.15, 0.2) is 67.5 Å². The highest BCUT2D eigenvalue weighted by Gasteiger charge is 2.19. The molecule has 0 fully saturated rings. The van der Waals surface area contributed by atoms with Crippen molar-refractivity contribution in [2.24, 2.45) is 0 Å². The lowest BCUT2D eigenvalue weighted by molar-refractivity contribution is 0.600. The first kappa shape index (κ1) is 21.1. The van der Waals surface area contributed by atoms with Gasteiger partial charge in [-0.05, 0) is 76.9 Å². The van der Waals surface area contributed by atoms with Crippen LogP contribution in [-0.4, -0.2) is 16.8 Å². The largest absolute Gasteiger partial charge is 0.279 e. The van der Waals surface area contributed by atoms with E-state index in [9.17, 15) is 16.8 Å². The van der Waals surface area contributed by atoms with Gasteiger partial charge in [-0.25, -0.2) is 16.8 Å². The van der Waals surface area contributed by atoms with E-state index >= 15 is 0 Å². The van der Waals surface area contributed by atoms with Crippen LogP contribution in [0.3, 0.4) is 0 Å². The summed E-state index contributed by atoms with van der Waals surface area (Å²) in [7, 11) is -7.59. The van der Waals surface area contributed by atoms with Crippen molar-refractivity contribution in [2.75, 3.05) is 9.44 Å². The fraction of sp³-hybridized carbons (Fsp3) is 0.0588. The van der Waals surface area contributed by atoms with Crippen molar-refractivity contribution in [1.29, 1.82) is 0 Å². The molecule has 148 valence electrons. The molecule has 6 nitrogen and oxygen atoms in total. The maximum Gasteiger partial charge on any atom is 0.271 e. The smallest absolute Gasteiger partial charge is 0.271 e. The highest BCUT2D eigenvalue weighted by molar-refractivity contribution is 9.11. The van der Waals surface area contributed by atoms with E-state index in [0.717, 1.165) is 11.3 Å². The summed E-state index contributed by atoms with van der Waals surface area (Å²) in [5, 5.41) is 0.449. The first-order chi connectivity index (χ1) is 13.1. The molecule has 0 unspecified atom stereocenters. The third kappa shape index (κ3) is 4.69. The van der Waals surface area contributed by atoms with E-state index in [-0.39, 0.29) is 14.8 Å². The molecule has 0 radical (unpaired) electrons. The van der Waals surface area contributed by atoms with Gasteiger partial charge in [-0.3, -0.25) is 9.44 Å². The van der Waals surface area contributed by atoms with E-state index in [2.05, 4.69) is 25.4 Å². The molecule has 0 bridgehead atoms. The molecule has 0 spiro atoms. The standard InChI is InChI=1S/C17H14BrClN2O4S3/c1-11-14(19)3-2-4-15(11)21-27(22,23)13-7-5-12(6-8-13)20-28(24,25)17-10-9-16(18)26-17/h2-10,20-21H,1H3. The fourth-order valence-electron chi connectivity index (χ4n) is 2.27. The quantitative estimate of drug-likeness (QED) is 0.473. The van der Waals surface area contributed by atoms with E-state index in [4.69, 9.17) is 11.6 Å². The first-order valence-corrected chi connectivity index (χ1v) is 12.7. The number of nitrogens with one attached hydrogen (secondary N) is 2. The van der Waals surface area contributed by atoms with Crippen LogP contribution in [0.1, 0.15) is 5.56 Å². The molecular formula is C17H14BrClN2O4S3. The van der Waals surface area contributed by atoms with Crippen LogP contribution in [0.4, 0.5) is 11.4 Å². The van der Waals surface area contributed by atoms with Crippen LogP contribution in [0.2, 0.25) is 5.02 Å². The Morgan fingerprint density at radius 1 is 0.893 bits per heavy atom. The number of hydrogen-bond donors (Lipinski definition) is 2. The van der Waals surface area contributed by atoms with Gasteiger partial charge in [-0.15, -0.1) is 11.3 Å². The van der Waals surface area contributed by atoms with Crippen LogP contribution >= 0.6 is 38.9 Å². The van der Waals surface area contributed by atoms with Crippen LogP contribution in [0.25, 0.3) is 0 Å². The molecule has 0 aliphatic heterocycles. The SMILES string of the molecule is Cc1c(Cl)cccc1NS(=O)(=O)c1ccc(NS(=O)(=O)c2ccc(Br)s2)cc1. The Kier molecular flexibility index (Phi) is 6.06. The topological polar surface area (TPSA) is 92.3 Å². The minimum absolute atomic E-state index is 0.00584. The van der Waals surface area contributed by atoms with Gasteiger partial charge in [-0.2, -0.15) is 0 Å². The summed E-state index contributed by atoms with van der Waals surface area (Å²) in [5.74, 6) is 0. The van der Waals surface area contributed by atoms with Crippen LogP contribution < -0.4 is 9.44 Å². The Balaban J connectivity index is 1.81. The zero-order chi connectivity index (χ0) is 20.5. The maximum atomic E-state index is 12.6. The number of benzene rings is 2. The van der Waals surface area contributed by atoms with E-state index in [1.165, 1.54) is 30.3 Å². The van der Waals surface area contributed by atoms with Gasteiger partial charge in [0.2, 0.25) is 0 Å². The molecule has 0 atom stereocenters. The molecule has 3 aromatic rings. The second-order valence-corrected chi connectivity index (χ2v) is 12.2. The number of hydrogen-bond acceptors (Lipinski definition) is 5. The molecular weight excluding hydrogens is 508 g/mol. The van der Waals surface area contributed by atoms with E-state index < -0.39 is 20.0 Å². The third-order valence-corrected chi connectivity index (χ3v) is 9.03. The molecule has 0 saturated carbocycles. The summed E-state index contributed by atoms with van der Waals surface area (Å²) < 4.78 is 55.6. The van der Waals surface area contributed by atoms with Crippen molar-refractivity contribution in [3.8, 4) is 0 Å². The van der Waals surface area contributed by atoms with Gasteiger partial charge in [-0.1, -0.05) is 17.7 Å². The highest BCUT2D eigenvalue weighted by Crippen LogP contribution is 2.29. The van der Waals surface area contributed by atoms with Crippen molar-refractivity contribution >= 4 is 70.3 Å². The summed E-state index contributed by atoms with van der Waals surface area (Å²) >= 11 is 10.3. The van der Waals surface area contributed by atoms with E-state index in [1.54, 1.807) is 31.2 Å². The summed E-state index contributed by atoms with van der Waals surface area (Å²) in [6.45, 7) is 1.71. The lowest BCUT2D eigenvalue weighted by Crippen LogP contribution is -2.14. The van der Waals surface area contributed by atoms with Crippen molar-refractivity contribution in [3.05, 3.63) is 69.0 Å². The van der Waals surface area contributed by atoms with Gasteiger partial charge in [0.1, 0.15) is 4.21 Å². The molecule has 1 heterocycles. The zero-order valence-corrected chi connectivity index (χ0v) is 19.1. The molecule has 0 aliphatic rings. The molecule has 2 aromatic carbocycles. The average Bonchev–Trinajstić information content (AvgIpc) is 3.06. The molecule has 28 heavy (non-hydrogen) atoms. The van der Waals surface area contributed by atoms with Crippen LogP contribution in [-0.2, 0) is 20.0 Å². The Hall–Kier alpha value is -1.59. The van der Waals surface area contributed by atoms with Crippen molar-refractivity contribution < 1.29 is 16.8 Å². The summed E-state index contributed by atoms with van der Waals surface area (Å²) in [6, 6.07) is 13.5. The molecule has 0 aliphatic carbocycles. The second kappa shape index (κ2) is 8.03. The second-order valence-electron chi connectivity index (χ2n) is 5.71. The van der Waals surface area contributed by atoms with Gasteiger partial charge in [0.25, 0.3) is 20.0 Å². The predicted molar refractivity (Wildman–Crippen MR) is 116 cm³/mol. The fourth-order valence-corrected chi connectivity index (χ4v) is 6.64. The number of thiophene rings is 1. The van der Waals surface area contributed by atoms with Crippen molar-refractivity contribution in [2.45, 2.75) is 16.0 Å². The molecule has 2 N–H and O–H groups in total. The lowest BCUT2D eigenvalue weighted by Gasteiger charge is -2.12. The Morgan fingerprint density at radius 2 is 1.57 bits per heavy atom. The van der Waals surface area contributed by atoms with E-state index in [0.29, 0.717) is 20.1 Å². The molecule has 3 rings (SSSR count). The van der Waals surface area contributed by atoms with Crippen LogP contribution in [0.5, 0.6) is 0 Å². The van der Waals surface area contributed by atoms with Crippen molar-refractivity contribution in [1.82, 2.24) is 0 Å². The summed E-state index contributed by atoms with van der Waals surface area (Å²) in [5.41, 5.74) is 1.24. The predicted octanol–water partition coefficient (Wildman–Crippen LogP) is 5.07. The normalized spacial score (nSPS) is 12.0. The van der Waals surface area contributed by atoms with E-state index in [1.807, 2.05) is 0 Å². The average molecular weight is 522 g/mol. The first-order valence-electron chi connectivity index (χ1n) is 7.75. The number of halogens is 2. The minimum atomic E-state index is -3.85. The minimum Gasteiger partial charge on any atom is -0.279 e. The van der Waals surface area contributed by atoms with Gasteiger partial charge in [0.15, 0.2) is 0 Å². The number of rotatable bonds is 6. The Labute approximate surface area is 180 Å². The van der Waals surface area contributed by atoms with Gasteiger partial charge in [0.05, 0.1) is 14.4 Å². The maximum absolute atomic E-state index is 12.6. The zero-order valence-electron chi connectivity index (χ0n) is 14.3. The third-order valence-electron chi connectivity index (χ3n) is 3.74. The molecule has 11 heteroatoms. The lowest BCUT2D eigenvalue weighted by atomic mass is 10.2. The van der Waals surface area contributed by atoms with Crippen molar-refractivity contribution in [3.63, 3.8) is 0 Å². The molecule has 1 aromatic heterocycles. The molecule has 0 saturated heterocycles. The monoisotopic (exact) mass is 520 g/mol. The Bertz CT molecular complexity index is 1220. The summed E-state index contributed by atoms with van der Waals surface area (Å²) in [6.07, 6.45) is 0. The van der Waals surface area contributed by atoms with Gasteiger partial charge >= 0.3 is 0 Å². The Morgan fingerprint density at radius 3 is 2.18 bits per heavy atom. The van der Waals surface area contributed by atoms with Crippen LogP contribution in [0, 0.1) is 6.92 Å². The summed E-state index contributed by atoms with van der Waals surface area (Å²) in [4.78, 5) is -0.00584. The number of anilines is 2. The highest BCUT2D eigenvalue weighted by atomic mass is 79.9. The molecule has 0 amide bonds. The number of sulfonamides is 2.